The molecule has 0 N–H and O–H groups in total. The molecule has 0 aromatic heterocycles. The van der Waals surface area contributed by atoms with Crippen LogP contribution in [0.1, 0.15) is 65.2 Å². The highest BCUT2D eigenvalue weighted by Crippen LogP contribution is 2.38. The van der Waals surface area contributed by atoms with Gasteiger partial charge in [0, 0.05) is 24.9 Å². The second-order valence-electron chi connectivity index (χ2n) is 7.84. The van der Waals surface area contributed by atoms with Crippen molar-refractivity contribution in [3.63, 3.8) is 0 Å². The number of ketones is 1. The predicted molar refractivity (Wildman–Crippen MR) is 82.6 cm³/mol. The fraction of sp³-hybridized carbons (Fsp3) is 0.944. The number of fused-ring (bicyclic) bond motifs is 1. The van der Waals surface area contributed by atoms with Crippen LogP contribution in [0.4, 0.5) is 0 Å². The van der Waals surface area contributed by atoms with Gasteiger partial charge in [0.1, 0.15) is 5.78 Å². The van der Waals surface area contributed by atoms with E-state index >= 15 is 0 Å². The molecule has 20 heavy (non-hydrogen) atoms. The summed E-state index contributed by atoms with van der Waals surface area (Å²) in [6.07, 6.45) is 10.5. The number of carbonyl (C=O) groups is 1. The summed E-state index contributed by atoms with van der Waals surface area (Å²) in [4.78, 5) is 15.1. The molecule has 1 heterocycles. The van der Waals surface area contributed by atoms with Gasteiger partial charge in [-0.25, -0.2) is 0 Å². The van der Waals surface area contributed by atoms with Crippen LogP contribution in [-0.2, 0) is 4.79 Å². The van der Waals surface area contributed by atoms with E-state index in [1.807, 2.05) is 0 Å². The molecule has 0 bridgehead atoms. The third-order valence-corrected chi connectivity index (χ3v) is 6.21. The molecule has 0 spiro atoms. The van der Waals surface area contributed by atoms with Crippen LogP contribution < -0.4 is 0 Å². The molecular formula is C18H31NO. The van der Waals surface area contributed by atoms with Crippen molar-refractivity contribution in [2.24, 2.45) is 23.7 Å². The van der Waals surface area contributed by atoms with E-state index in [4.69, 9.17) is 0 Å². The van der Waals surface area contributed by atoms with Gasteiger partial charge in [-0.05, 0) is 56.4 Å². The molecule has 0 aromatic rings. The van der Waals surface area contributed by atoms with Gasteiger partial charge >= 0.3 is 0 Å². The lowest BCUT2D eigenvalue weighted by Gasteiger charge is -2.46. The van der Waals surface area contributed by atoms with Crippen LogP contribution in [-0.4, -0.2) is 29.8 Å². The molecular weight excluding hydrogens is 246 g/mol. The van der Waals surface area contributed by atoms with E-state index in [9.17, 15) is 4.79 Å². The predicted octanol–water partition coefficient (Wildman–Crippen LogP) is 3.89. The Morgan fingerprint density at radius 1 is 1.10 bits per heavy atom. The number of carbonyl (C=O) groups excluding carboxylic acids is 1. The quantitative estimate of drug-likeness (QED) is 0.763. The first-order valence-corrected chi connectivity index (χ1v) is 8.92. The zero-order valence-corrected chi connectivity index (χ0v) is 13.3. The Morgan fingerprint density at radius 3 is 2.65 bits per heavy atom. The van der Waals surface area contributed by atoms with Gasteiger partial charge in [-0.3, -0.25) is 9.69 Å². The van der Waals surface area contributed by atoms with Gasteiger partial charge in [-0.1, -0.05) is 26.7 Å². The summed E-state index contributed by atoms with van der Waals surface area (Å²) >= 11 is 0. The number of Topliss-reactive ketones (excluding diaryl/α,β-unsaturated/α-hetero) is 1. The number of likely N-dealkylation sites (tertiary alicyclic amines) is 1. The molecule has 1 saturated heterocycles. The summed E-state index contributed by atoms with van der Waals surface area (Å²) in [7, 11) is 0. The summed E-state index contributed by atoms with van der Waals surface area (Å²) in [5.41, 5.74) is 0. The van der Waals surface area contributed by atoms with Crippen molar-refractivity contribution in [1.29, 1.82) is 0 Å². The maximum absolute atomic E-state index is 12.4. The van der Waals surface area contributed by atoms with E-state index in [1.54, 1.807) is 0 Å². The van der Waals surface area contributed by atoms with Crippen molar-refractivity contribution in [3.8, 4) is 0 Å². The Bertz CT molecular complexity index is 351. The monoisotopic (exact) mass is 277 g/mol. The molecule has 1 aliphatic heterocycles. The molecule has 5 unspecified atom stereocenters. The summed E-state index contributed by atoms with van der Waals surface area (Å²) in [6, 6.07) is 0.803. The van der Waals surface area contributed by atoms with Gasteiger partial charge < -0.3 is 0 Å². The Kier molecular flexibility index (Phi) is 4.49. The van der Waals surface area contributed by atoms with Gasteiger partial charge in [-0.15, -0.1) is 0 Å². The van der Waals surface area contributed by atoms with Crippen LogP contribution in [0.15, 0.2) is 0 Å². The summed E-state index contributed by atoms with van der Waals surface area (Å²) < 4.78 is 0. The highest BCUT2D eigenvalue weighted by atomic mass is 16.1. The second-order valence-corrected chi connectivity index (χ2v) is 7.84. The van der Waals surface area contributed by atoms with Crippen LogP contribution in [0.5, 0.6) is 0 Å². The second kappa shape index (κ2) is 6.17. The zero-order chi connectivity index (χ0) is 14.1. The summed E-state index contributed by atoms with van der Waals surface area (Å²) in [6.45, 7) is 6.85. The molecule has 0 amide bonds. The first kappa shape index (κ1) is 14.6. The van der Waals surface area contributed by atoms with Crippen LogP contribution in [0.3, 0.4) is 0 Å². The average Bonchev–Trinajstić information content (AvgIpc) is 2.43. The number of nitrogens with zero attached hydrogens (tertiary/aromatic N) is 1. The molecule has 3 rings (SSSR count). The first-order valence-electron chi connectivity index (χ1n) is 8.92. The fourth-order valence-corrected chi connectivity index (χ4v) is 5.18. The average molecular weight is 277 g/mol. The highest BCUT2D eigenvalue weighted by Gasteiger charge is 2.38. The molecule has 0 radical (unpaired) electrons. The van der Waals surface area contributed by atoms with Crippen molar-refractivity contribution < 1.29 is 4.79 Å². The van der Waals surface area contributed by atoms with E-state index < -0.39 is 0 Å². The van der Waals surface area contributed by atoms with Crippen LogP contribution in [0, 0.1) is 23.7 Å². The van der Waals surface area contributed by atoms with Gasteiger partial charge in [0.05, 0.1) is 0 Å². The van der Waals surface area contributed by atoms with E-state index in [-0.39, 0.29) is 0 Å². The van der Waals surface area contributed by atoms with Crippen LogP contribution >= 0.6 is 0 Å². The van der Waals surface area contributed by atoms with Crippen LogP contribution in [0.2, 0.25) is 0 Å². The normalized spacial score (nSPS) is 43.3. The van der Waals surface area contributed by atoms with Crippen molar-refractivity contribution >= 4 is 5.78 Å². The molecule has 3 aliphatic rings. The summed E-state index contributed by atoms with van der Waals surface area (Å²) in [5, 5.41) is 0. The molecule has 2 nitrogen and oxygen atoms in total. The number of hydrogen-bond donors (Lipinski definition) is 0. The molecule has 5 atom stereocenters. The lowest BCUT2D eigenvalue weighted by atomic mass is 9.73. The standard InChI is InChI=1S/C18H31NO/c1-13-10-14(2)16(18(20)11-13)12-19-9-5-7-15-6-3-4-8-17(15)19/h13-17H,3-12H2,1-2H3. The first-order chi connectivity index (χ1) is 9.65. The Labute approximate surface area is 124 Å². The smallest absolute Gasteiger partial charge is 0.137 e. The number of piperidine rings is 1. The molecule has 0 aromatic carbocycles. The third-order valence-electron chi connectivity index (χ3n) is 6.21. The maximum Gasteiger partial charge on any atom is 0.137 e. The SMILES string of the molecule is CC1CC(=O)C(CN2CCCC3CCCCC32)C(C)C1. The minimum atomic E-state index is 0.326. The molecule has 2 aliphatic carbocycles. The van der Waals surface area contributed by atoms with E-state index in [1.165, 1.54) is 51.5 Å². The number of rotatable bonds is 2. The number of hydrogen-bond acceptors (Lipinski definition) is 2. The van der Waals surface area contributed by atoms with Gasteiger partial charge in [0.15, 0.2) is 0 Å². The maximum atomic E-state index is 12.4. The Balaban J connectivity index is 1.65. The van der Waals surface area contributed by atoms with Gasteiger partial charge in [0.25, 0.3) is 0 Å². The van der Waals surface area contributed by atoms with Gasteiger partial charge in [0.2, 0.25) is 0 Å². The third kappa shape index (κ3) is 2.95. The summed E-state index contributed by atoms with van der Waals surface area (Å²) in [5.74, 6) is 3.01. The van der Waals surface area contributed by atoms with E-state index in [2.05, 4.69) is 18.7 Å². The van der Waals surface area contributed by atoms with E-state index in [0.29, 0.717) is 23.5 Å². The minimum Gasteiger partial charge on any atom is -0.299 e. The fourth-order valence-electron chi connectivity index (χ4n) is 5.18. The molecule has 3 fully saturated rings. The lowest BCUT2D eigenvalue weighted by molar-refractivity contribution is -0.129. The van der Waals surface area contributed by atoms with Crippen LogP contribution in [0.25, 0.3) is 0 Å². The Morgan fingerprint density at radius 2 is 1.85 bits per heavy atom. The topological polar surface area (TPSA) is 20.3 Å². The van der Waals surface area contributed by atoms with Crippen molar-refractivity contribution in [1.82, 2.24) is 4.90 Å². The van der Waals surface area contributed by atoms with Gasteiger partial charge in [-0.2, -0.15) is 0 Å². The lowest BCUT2D eigenvalue weighted by Crippen LogP contribution is -2.50. The molecule has 114 valence electrons. The highest BCUT2D eigenvalue weighted by molar-refractivity contribution is 5.82. The van der Waals surface area contributed by atoms with Crippen molar-refractivity contribution in [2.45, 2.75) is 71.3 Å². The Hall–Kier alpha value is -0.370. The zero-order valence-electron chi connectivity index (χ0n) is 13.3. The van der Waals surface area contributed by atoms with E-state index in [0.717, 1.165) is 24.9 Å². The van der Waals surface area contributed by atoms with Crippen molar-refractivity contribution in [2.75, 3.05) is 13.1 Å². The van der Waals surface area contributed by atoms with Crippen molar-refractivity contribution in [3.05, 3.63) is 0 Å². The largest absolute Gasteiger partial charge is 0.299 e. The molecule has 2 heteroatoms. The molecule has 2 saturated carbocycles. The minimum absolute atomic E-state index is 0.326.